The molecule has 4 rings (SSSR count). The Morgan fingerprint density at radius 2 is 1.84 bits per heavy atom. The van der Waals surface area contributed by atoms with Crippen LogP contribution in [0.5, 0.6) is 0 Å². The minimum absolute atomic E-state index is 0.399. The third-order valence-electron chi connectivity index (χ3n) is 4.62. The van der Waals surface area contributed by atoms with E-state index >= 15 is 0 Å². The van der Waals surface area contributed by atoms with Crippen molar-refractivity contribution in [1.29, 1.82) is 0 Å². The maximum Gasteiger partial charge on any atom is 0.259 e. The molecule has 1 amide bonds. The maximum atomic E-state index is 13.8. The molecule has 1 saturated heterocycles. The number of hydrogen-bond donors (Lipinski definition) is 0. The zero-order chi connectivity index (χ0) is 17.4. The molecule has 132 valence electrons. The van der Waals surface area contributed by atoms with Crippen molar-refractivity contribution in [3.8, 4) is 0 Å². The van der Waals surface area contributed by atoms with E-state index in [1.807, 2.05) is 0 Å². The summed E-state index contributed by atoms with van der Waals surface area (Å²) in [6.45, 7) is 2.49. The van der Waals surface area contributed by atoms with Crippen molar-refractivity contribution < 1.29 is 18.1 Å². The number of carbonyl (C=O) groups excluding carboxylic acids is 1. The molecule has 2 heterocycles. The van der Waals surface area contributed by atoms with Crippen LogP contribution < -0.4 is 0 Å². The Labute approximate surface area is 143 Å². The largest absolute Gasteiger partial charge is 0.338 e. The van der Waals surface area contributed by atoms with Crippen LogP contribution in [0.2, 0.25) is 0 Å². The maximum absolute atomic E-state index is 13.8. The number of rotatable bonds is 4. The first-order valence-electron chi connectivity index (χ1n) is 8.40. The van der Waals surface area contributed by atoms with E-state index in [4.69, 9.17) is 4.52 Å². The van der Waals surface area contributed by atoms with Crippen LogP contribution in [0, 0.1) is 11.6 Å². The zero-order valence-electron chi connectivity index (χ0n) is 13.6. The number of piperazine rings is 1. The first-order chi connectivity index (χ1) is 12.1. The van der Waals surface area contributed by atoms with Gasteiger partial charge in [-0.3, -0.25) is 9.69 Å². The van der Waals surface area contributed by atoms with Crippen LogP contribution in [0.15, 0.2) is 22.7 Å². The molecule has 2 aromatic rings. The summed E-state index contributed by atoms with van der Waals surface area (Å²) in [5.74, 6) is -0.468. The van der Waals surface area contributed by atoms with Gasteiger partial charge in [-0.15, -0.1) is 0 Å². The average Bonchev–Trinajstić information content (AvgIpc) is 3.35. The highest BCUT2D eigenvalue weighted by Crippen LogP contribution is 2.38. The molecular formula is C17H18F2N4O2. The highest BCUT2D eigenvalue weighted by molar-refractivity contribution is 5.94. The van der Waals surface area contributed by atoms with Gasteiger partial charge in [-0.2, -0.15) is 4.98 Å². The molecule has 1 aliphatic heterocycles. The first kappa shape index (κ1) is 16.1. The van der Waals surface area contributed by atoms with Crippen LogP contribution in [0.1, 0.15) is 40.8 Å². The number of benzene rings is 1. The fourth-order valence-corrected chi connectivity index (χ4v) is 3.00. The lowest BCUT2D eigenvalue weighted by Gasteiger charge is -2.34. The summed E-state index contributed by atoms with van der Waals surface area (Å²) in [5.41, 5.74) is -0.484. The van der Waals surface area contributed by atoms with Gasteiger partial charge < -0.3 is 9.42 Å². The van der Waals surface area contributed by atoms with Crippen molar-refractivity contribution in [2.24, 2.45) is 0 Å². The van der Waals surface area contributed by atoms with Crippen molar-refractivity contribution >= 4 is 5.91 Å². The Morgan fingerprint density at radius 1 is 1.16 bits per heavy atom. The predicted molar refractivity (Wildman–Crippen MR) is 83.8 cm³/mol. The normalized spacial score (nSPS) is 18.6. The molecule has 2 aliphatic rings. The molecule has 1 aliphatic carbocycles. The fourth-order valence-electron chi connectivity index (χ4n) is 3.00. The summed E-state index contributed by atoms with van der Waals surface area (Å²) in [6.07, 6.45) is 2.23. The smallest absolute Gasteiger partial charge is 0.259 e. The lowest BCUT2D eigenvalue weighted by molar-refractivity contribution is 0.0606. The van der Waals surface area contributed by atoms with E-state index < -0.39 is 23.1 Å². The number of amides is 1. The fraction of sp³-hybridized carbons (Fsp3) is 0.471. The molecule has 0 atom stereocenters. The first-order valence-corrected chi connectivity index (χ1v) is 8.40. The minimum Gasteiger partial charge on any atom is -0.338 e. The molecule has 0 radical (unpaired) electrons. The Kier molecular flexibility index (Phi) is 4.20. The molecule has 6 nitrogen and oxygen atoms in total. The third-order valence-corrected chi connectivity index (χ3v) is 4.62. The quantitative estimate of drug-likeness (QED) is 0.848. The molecule has 25 heavy (non-hydrogen) atoms. The van der Waals surface area contributed by atoms with Crippen LogP contribution in [-0.2, 0) is 6.54 Å². The van der Waals surface area contributed by atoms with E-state index in [2.05, 4.69) is 15.0 Å². The van der Waals surface area contributed by atoms with E-state index in [9.17, 15) is 13.6 Å². The van der Waals surface area contributed by atoms with E-state index in [1.54, 1.807) is 0 Å². The topological polar surface area (TPSA) is 62.5 Å². The van der Waals surface area contributed by atoms with Crippen LogP contribution in [0.4, 0.5) is 8.78 Å². The second-order valence-electron chi connectivity index (χ2n) is 6.49. The van der Waals surface area contributed by atoms with Gasteiger partial charge in [0, 0.05) is 32.1 Å². The van der Waals surface area contributed by atoms with Gasteiger partial charge in [-0.05, 0) is 25.0 Å². The zero-order valence-corrected chi connectivity index (χ0v) is 13.6. The molecule has 0 N–H and O–H groups in total. The van der Waals surface area contributed by atoms with Crippen LogP contribution >= 0.6 is 0 Å². The second-order valence-corrected chi connectivity index (χ2v) is 6.49. The van der Waals surface area contributed by atoms with Gasteiger partial charge in [-0.1, -0.05) is 11.2 Å². The summed E-state index contributed by atoms with van der Waals surface area (Å²) < 4.78 is 32.8. The average molecular weight is 348 g/mol. The van der Waals surface area contributed by atoms with Gasteiger partial charge in [0.05, 0.1) is 6.54 Å². The Hall–Kier alpha value is -2.35. The number of hydrogen-bond acceptors (Lipinski definition) is 5. The molecule has 2 fully saturated rings. The Bertz CT molecular complexity index is 762. The molecule has 1 saturated carbocycles. The van der Waals surface area contributed by atoms with Gasteiger partial charge in [-0.25, -0.2) is 8.78 Å². The number of aromatic nitrogens is 2. The van der Waals surface area contributed by atoms with Gasteiger partial charge in [0.2, 0.25) is 5.89 Å². The monoisotopic (exact) mass is 348 g/mol. The van der Waals surface area contributed by atoms with Crippen molar-refractivity contribution in [2.75, 3.05) is 26.2 Å². The predicted octanol–water partition coefficient (Wildman–Crippen LogP) is 2.18. The molecule has 0 unspecified atom stereocenters. The third kappa shape index (κ3) is 3.39. The van der Waals surface area contributed by atoms with Gasteiger partial charge in [0.25, 0.3) is 5.91 Å². The molecule has 1 aromatic heterocycles. The van der Waals surface area contributed by atoms with Crippen molar-refractivity contribution in [1.82, 2.24) is 19.9 Å². The SMILES string of the molecule is O=C(c1c(F)cccc1F)N1CCN(Cc2nc(C3CC3)no2)CC1. The Balaban J connectivity index is 1.35. The lowest BCUT2D eigenvalue weighted by Crippen LogP contribution is -2.48. The number of nitrogens with zero attached hydrogens (tertiary/aromatic N) is 4. The standard InChI is InChI=1S/C17H18F2N4O2/c18-12-2-1-3-13(19)15(12)17(24)23-8-6-22(7-9-23)10-14-20-16(21-25-14)11-4-5-11/h1-3,11H,4-10H2. The summed E-state index contributed by atoms with van der Waals surface area (Å²) in [5, 5.41) is 3.99. The Morgan fingerprint density at radius 3 is 2.48 bits per heavy atom. The molecule has 0 spiro atoms. The van der Waals surface area contributed by atoms with E-state index in [0.717, 1.165) is 30.8 Å². The van der Waals surface area contributed by atoms with Gasteiger partial charge in [0.15, 0.2) is 5.82 Å². The summed E-state index contributed by atoms with van der Waals surface area (Å²) in [7, 11) is 0. The van der Waals surface area contributed by atoms with Gasteiger partial charge >= 0.3 is 0 Å². The molecule has 8 heteroatoms. The summed E-state index contributed by atoms with van der Waals surface area (Å²) in [6, 6.07) is 3.44. The number of carbonyl (C=O) groups is 1. The second kappa shape index (κ2) is 6.51. The van der Waals surface area contributed by atoms with Crippen molar-refractivity contribution in [3.63, 3.8) is 0 Å². The van der Waals surface area contributed by atoms with E-state index in [-0.39, 0.29) is 0 Å². The number of halogens is 2. The minimum atomic E-state index is -0.828. The molecular weight excluding hydrogens is 330 g/mol. The van der Waals surface area contributed by atoms with Crippen LogP contribution in [0.25, 0.3) is 0 Å². The van der Waals surface area contributed by atoms with E-state index in [0.29, 0.717) is 44.5 Å². The van der Waals surface area contributed by atoms with E-state index in [1.165, 1.54) is 11.0 Å². The lowest BCUT2D eigenvalue weighted by atomic mass is 10.1. The molecule has 1 aromatic carbocycles. The van der Waals surface area contributed by atoms with Crippen molar-refractivity contribution in [2.45, 2.75) is 25.3 Å². The summed E-state index contributed by atoms with van der Waals surface area (Å²) in [4.78, 5) is 20.3. The van der Waals surface area contributed by atoms with Crippen LogP contribution in [0.3, 0.4) is 0 Å². The highest BCUT2D eigenvalue weighted by Gasteiger charge is 2.30. The highest BCUT2D eigenvalue weighted by atomic mass is 19.1. The van der Waals surface area contributed by atoms with Gasteiger partial charge in [0.1, 0.15) is 17.2 Å². The molecule has 0 bridgehead atoms. The van der Waals surface area contributed by atoms with Crippen LogP contribution in [-0.4, -0.2) is 52.0 Å². The summed E-state index contributed by atoms with van der Waals surface area (Å²) >= 11 is 0. The van der Waals surface area contributed by atoms with Crippen molar-refractivity contribution in [3.05, 3.63) is 47.1 Å².